The van der Waals surface area contributed by atoms with Gasteiger partial charge in [0, 0.05) is 12.1 Å². The van der Waals surface area contributed by atoms with Crippen LogP contribution in [-0.4, -0.2) is 21.7 Å². The highest BCUT2D eigenvalue weighted by Gasteiger charge is 2.16. The first-order valence-electron chi connectivity index (χ1n) is 5.07. The third-order valence-electron chi connectivity index (χ3n) is 1.99. The molecule has 1 aromatic heterocycles. The quantitative estimate of drug-likeness (QED) is 0.787. The molecule has 3 N–H and O–H groups in total. The summed E-state index contributed by atoms with van der Waals surface area (Å²) in [6, 6.07) is 0.255. The molecular weight excluding hydrogens is 192 g/mol. The number of aromatic nitrogens is 2. The van der Waals surface area contributed by atoms with Gasteiger partial charge in [-0.1, -0.05) is 0 Å². The molecule has 0 spiro atoms. The summed E-state index contributed by atoms with van der Waals surface area (Å²) >= 11 is 0. The standard InChI is InChI=1S/C10H18N4O/c1-6(2)13-10(15)8-5-12-14(7(3)4)9(8)11/h5-7H,11H2,1-4H3,(H,13,15). The second kappa shape index (κ2) is 4.33. The molecule has 0 bridgehead atoms. The number of nitrogens with one attached hydrogen (secondary N) is 1. The van der Waals surface area contributed by atoms with Gasteiger partial charge in [-0.25, -0.2) is 4.68 Å². The molecule has 1 heterocycles. The maximum atomic E-state index is 11.7. The van der Waals surface area contributed by atoms with Gasteiger partial charge < -0.3 is 11.1 Å². The summed E-state index contributed by atoms with van der Waals surface area (Å²) in [5, 5.41) is 6.85. The second-order valence-corrected chi connectivity index (χ2v) is 4.11. The van der Waals surface area contributed by atoms with Gasteiger partial charge in [0.1, 0.15) is 11.4 Å². The van der Waals surface area contributed by atoms with E-state index in [2.05, 4.69) is 10.4 Å². The third-order valence-corrected chi connectivity index (χ3v) is 1.99. The summed E-state index contributed by atoms with van der Waals surface area (Å²) in [4.78, 5) is 11.7. The van der Waals surface area contributed by atoms with E-state index >= 15 is 0 Å². The molecule has 15 heavy (non-hydrogen) atoms. The molecule has 5 nitrogen and oxygen atoms in total. The predicted molar refractivity (Wildman–Crippen MR) is 59.6 cm³/mol. The molecule has 1 rings (SSSR count). The van der Waals surface area contributed by atoms with Crippen molar-refractivity contribution in [1.29, 1.82) is 0 Å². The molecule has 0 aliphatic rings. The molecule has 1 amide bonds. The Morgan fingerprint density at radius 3 is 2.47 bits per heavy atom. The fraction of sp³-hybridized carbons (Fsp3) is 0.600. The van der Waals surface area contributed by atoms with Crippen LogP contribution >= 0.6 is 0 Å². The molecular formula is C10H18N4O. The molecule has 0 radical (unpaired) electrons. The van der Waals surface area contributed by atoms with Gasteiger partial charge in [0.15, 0.2) is 0 Å². The van der Waals surface area contributed by atoms with E-state index in [4.69, 9.17) is 5.73 Å². The van der Waals surface area contributed by atoms with Gasteiger partial charge in [-0.2, -0.15) is 5.10 Å². The van der Waals surface area contributed by atoms with E-state index in [9.17, 15) is 4.79 Å². The van der Waals surface area contributed by atoms with Crippen LogP contribution in [0.25, 0.3) is 0 Å². The number of rotatable bonds is 3. The van der Waals surface area contributed by atoms with Crippen LogP contribution in [0.1, 0.15) is 44.1 Å². The van der Waals surface area contributed by atoms with Gasteiger partial charge >= 0.3 is 0 Å². The third kappa shape index (κ3) is 2.49. The maximum Gasteiger partial charge on any atom is 0.256 e. The Bertz CT molecular complexity index is 354. The van der Waals surface area contributed by atoms with Crippen molar-refractivity contribution in [1.82, 2.24) is 15.1 Å². The Hall–Kier alpha value is -1.52. The Kier molecular flexibility index (Phi) is 3.34. The Morgan fingerprint density at radius 2 is 2.07 bits per heavy atom. The zero-order chi connectivity index (χ0) is 11.6. The van der Waals surface area contributed by atoms with E-state index in [-0.39, 0.29) is 18.0 Å². The van der Waals surface area contributed by atoms with Crippen LogP contribution in [0.3, 0.4) is 0 Å². The van der Waals surface area contributed by atoms with Crippen LogP contribution in [0, 0.1) is 0 Å². The monoisotopic (exact) mass is 210 g/mol. The number of carbonyl (C=O) groups is 1. The van der Waals surface area contributed by atoms with Crippen molar-refractivity contribution in [2.75, 3.05) is 5.73 Å². The Balaban J connectivity index is 2.91. The molecule has 0 aliphatic heterocycles. The van der Waals surface area contributed by atoms with Crippen molar-refractivity contribution in [3.63, 3.8) is 0 Å². The average molecular weight is 210 g/mol. The van der Waals surface area contributed by atoms with Crippen LogP contribution in [0.15, 0.2) is 6.20 Å². The molecule has 1 aromatic rings. The zero-order valence-electron chi connectivity index (χ0n) is 9.61. The number of hydrogen-bond donors (Lipinski definition) is 2. The van der Waals surface area contributed by atoms with Crippen LogP contribution in [0.5, 0.6) is 0 Å². The molecule has 0 aliphatic carbocycles. The summed E-state index contributed by atoms with van der Waals surface area (Å²) in [7, 11) is 0. The van der Waals surface area contributed by atoms with Crippen molar-refractivity contribution in [3.05, 3.63) is 11.8 Å². The largest absolute Gasteiger partial charge is 0.383 e. The van der Waals surface area contributed by atoms with Crippen LogP contribution < -0.4 is 11.1 Å². The fourth-order valence-corrected chi connectivity index (χ4v) is 1.30. The molecule has 5 heteroatoms. The first-order chi connectivity index (χ1) is 6.93. The van der Waals surface area contributed by atoms with Gasteiger partial charge in [0.25, 0.3) is 5.91 Å². The van der Waals surface area contributed by atoms with Gasteiger partial charge in [-0.15, -0.1) is 0 Å². The fourth-order valence-electron chi connectivity index (χ4n) is 1.30. The Morgan fingerprint density at radius 1 is 1.47 bits per heavy atom. The normalized spacial score (nSPS) is 11.1. The number of carbonyl (C=O) groups excluding carboxylic acids is 1. The summed E-state index contributed by atoms with van der Waals surface area (Å²) < 4.78 is 1.63. The molecule has 84 valence electrons. The van der Waals surface area contributed by atoms with Crippen molar-refractivity contribution in [2.24, 2.45) is 0 Å². The highest BCUT2D eigenvalue weighted by molar-refractivity contribution is 5.98. The van der Waals surface area contributed by atoms with Crippen LogP contribution in [-0.2, 0) is 0 Å². The van der Waals surface area contributed by atoms with E-state index in [0.29, 0.717) is 11.4 Å². The smallest absolute Gasteiger partial charge is 0.256 e. The maximum absolute atomic E-state index is 11.7. The number of hydrogen-bond acceptors (Lipinski definition) is 3. The zero-order valence-corrected chi connectivity index (χ0v) is 9.61. The summed E-state index contributed by atoms with van der Waals surface area (Å²) in [5.74, 6) is 0.248. The topological polar surface area (TPSA) is 72.9 Å². The van der Waals surface area contributed by atoms with Crippen molar-refractivity contribution in [3.8, 4) is 0 Å². The molecule has 0 unspecified atom stereocenters. The lowest BCUT2D eigenvalue weighted by Crippen LogP contribution is -2.30. The van der Waals surface area contributed by atoms with Crippen LogP contribution in [0.4, 0.5) is 5.82 Å². The van der Waals surface area contributed by atoms with Crippen molar-refractivity contribution in [2.45, 2.75) is 39.8 Å². The minimum atomic E-state index is -0.172. The van der Waals surface area contributed by atoms with Gasteiger partial charge in [0.2, 0.25) is 0 Å². The van der Waals surface area contributed by atoms with E-state index in [1.807, 2.05) is 27.7 Å². The van der Waals surface area contributed by atoms with Crippen molar-refractivity contribution < 1.29 is 4.79 Å². The number of anilines is 1. The molecule has 0 saturated carbocycles. The highest BCUT2D eigenvalue weighted by Crippen LogP contribution is 2.15. The summed E-state index contributed by atoms with van der Waals surface area (Å²) in [6.45, 7) is 7.74. The summed E-state index contributed by atoms with van der Waals surface area (Å²) in [5.41, 5.74) is 6.26. The van der Waals surface area contributed by atoms with Gasteiger partial charge in [0.05, 0.1) is 6.20 Å². The minimum Gasteiger partial charge on any atom is -0.383 e. The lowest BCUT2D eigenvalue weighted by atomic mass is 10.2. The van der Waals surface area contributed by atoms with Gasteiger partial charge in [-0.05, 0) is 27.7 Å². The van der Waals surface area contributed by atoms with Gasteiger partial charge in [-0.3, -0.25) is 4.79 Å². The highest BCUT2D eigenvalue weighted by atomic mass is 16.1. The molecule has 0 fully saturated rings. The molecule has 0 aromatic carbocycles. The first-order valence-corrected chi connectivity index (χ1v) is 5.07. The number of nitrogen functional groups attached to an aromatic ring is 1. The van der Waals surface area contributed by atoms with E-state index < -0.39 is 0 Å². The number of nitrogens with two attached hydrogens (primary N) is 1. The average Bonchev–Trinajstić information content (AvgIpc) is 2.45. The SMILES string of the molecule is CC(C)NC(=O)c1cnn(C(C)C)c1N. The van der Waals surface area contributed by atoms with E-state index in [0.717, 1.165) is 0 Å². The number of nitrogens with zero attached hydrogens (tertiary/aromatic N) is 2. The molecule has 0 saturated heterocycles. The predicted octanol–water partition coefficient (Wildman–Crippen LogP) is 1.18. The van der Waals surface area contributed by atoms with E-state index in [1.165, 1.54) is 6.20 Å². The van der Waals surface area contributed by atoms with Crippen molar-refractivity contribution >= 4 is 11.7 Å². The Labute approximate surface area is 89.6 Å². The first kappa shape index (κ1) is 11.6. The minimum absolute atomic E-state index is 0.0966. The second-order valence-electron chi connectivity index (χ2n) is 4.11. The summed E-state index contributed by atoms with van der Waals surface area (Å²) in [6.07, 6.45) is 1.51. The lowest BCUT2D eigenvalue weighted by Gasteiger charge is -2.09. The van der Waals surface area contributed by atoms with E-state index in [1.54, 1.807) is 4.68 Å². The number of amides is 1. The van der Waals surface area contributed by atoms with Crippen LogP contribution in [0.2, 0.25) is 0 Å². The lowest BCUT2D eigenvalue weighted by molar-refractivity contribution is 0.0944. The molecule has 0 atom stereocenters.